The summed E-state index contributed by atoms with van der Waals surface area (Å²) in [6.07, 6.45) is 3.30. The molecular weight excluding hydrogens is 452 g/mol. The minimum atomic E-state index is -0.142. The molecule has 0 bridgehead atoms. The molecule has 0 fully saturated rings. The van der Waals surface area contributed by atoms with Gasteiger partial charge in [0.15, 0.2) is 5.16 Å². The summed E-state index contributed by atoms with van der Waals surface area (Å²) < 4.78 is 2.27. The van der Waals surface area contributed by atoms with Gasteiger partial charge in [-0.1, -0.05) is 49.4 Å². The Labute approximate surface area is 198 Å². The number of aromatic amines is 1. The molecule has 0 aliphatic rings. The minimum Gasteiger partial charge on any atom is -0.309 e. The van der Waals surface area contributed by atoms with Gasteiger partial charge in [-0.05, 0) is 54.1 Å². The highest BCUT2D eigenvalue weighted by atomic mass is 32.2. The fourth-order valence-electron chi connectivity index (χ4n) is 3.75. The first-order chi connectivity index (χ1) is 16.1. The second-order valence-electron chi connectivity index (χ2n) is 7.76. The maximum absolute atomic E-state index is 13.4. The summed E-state index contributed by atoms with van der Waals surface area (Å²) in [7, 11) is 0. The van der Waals surface area contributed by atoms with Gasteiger partial charge in [0.2, 0.25) is 0 Å². The second kappa shape index (κ2) is 9.33. The van der Waals surface area contributed by atoms with Gasteiger partial charge in [-0.25, -0.2) is 9.97 Å². The molecule has 5 aromatic rings. The number of fused-ring (bicyclic) bond motifs is 2. The fourth-order valence-corrected chi connectivity index (χ4v) is 5.36. The van der Waals surface area contributed by atoms with Crippen molar-refractivity contribution in [3.63, 3.8) is 0 Å². The SMILES string of the molecule is CCCCc1ccc(-n2c(SCc3nc4ccsc4c(=O)[nH]3)nc3ccccc3c2=O)cc1. The molecule has 0 amide bonds. The standard InChI is InChI=1S/C25H22N4O2S2/c1-2-3-6-16-9-11-17(12-10-16)29-24(31)18-7-4-5-8-19(18)27-25(29)33-15-21-26-20-13-14-32-22(20)23(30)28-21/h4-5,7-14H,2-3,6,15H2,1H3,(H,26,28,30). The Balaban J connectivity index is 1.55. The molecule has 0 aliphatic heterocycles. The van der Waals surface area contributed by atoms with Crippen LogP contribution in [-0.4, -0.2) is 19.5 Å². The van der Waals surface area contributed by atoms with Crippen molar-refractivity contribution in [2.45, 2.75) is 37.1 Å². The summed E-state index contributed by atoms with van der Waals surface area (Å²) in [5.74, 6) is 0.945. The van der Waals surface area contributed by atoms with Gasteiger partial charge in [0.25, 0.3) is 11.1 Å². The number of rotatable bonds is 7. The van der Waals surface area contributed by atoms with E-state index in [1.54, 1.807) is 10.6 Å². The molecule has 0 spiro atoms. The van der Waals surface area contributed by atoms with Gasteiger partial charge in [0.1, 0.15) is 10.5 Å². The predicted octanol–water partition coefficient (Wildman–Crippen LogP) is 5.32. The van der Waals surface area contributed by atoms with Gasteiger partial charge < -0.3 is 4.98 Å². The molecule has 6 nitrogen and oxygen atoms in total. The van der Waals surface area contributed by atoms with E-state index >= 15 is 0 Å². The number of unbranched alkanes of at least 4 members (excludes halogenated alkanes) is 1. The van der Waals surface area contributed by atoms with Gasteiger partial charge in [-0.3, -0.25) is 14.2 Å². The van der Waals surface area contributed by atoms with Crippen LogP contribution < -0.4 is 11.1 Å². The van der Waals surface area contributed by atoms with E-state index in [1.807, 2.05) is 41.8 Å². The molecule has 0 atom stereocenters. The van der Waals surface area contributed by atoms with Gasteiger partial charge >= 0.3 is 0 Å². The molecule has 0 saturated heterocycles. The number of nitrogens with one attached hydrogen (secondary N) is 1. The highest BCUT2D eigenvalue weighted by Gasteiger charge is 2.15. The number of H-pyrrole nitrogens is 1. The zero-order valence-corrected chi connectivity index (χ0v) is 19.7. The fraction of sp³-hybridized carbons (Fsp3) is 0.200. The number of hydrogen-bond donors (Lipinski definition) is 1. The summed E-state index contributed by atoms with van der Waals surface area (Å²) in [5.41, 5.74) is 3.11. The Morgan fingerprint density at radius 1 is 1.00 bits per heavy atom. The van der Waals surface area contributed by atoms with E-state index in [4.69, 9.17) is 4.98 Å². The number of benzene rings is 2. The van der Waals surface area contributed by atoms with E-state index in [0.717, 1.165) is 24.9 Å². The van der Waals surface area contributed by atoms with Crippen LogP contribution in [0.15, 0.2) is 74.7 Å². The van der Waals surface area contributed by atoms with Gasteiger partial charge in [-0.15, -0.1) is 11.3 Å². The lowest BCUT2D eigenvalue weighted by Gasteiger charge is -2.13. The number of aryl methyl sites for hydroxylation is 1. The van der Waals surface area contributed by atoms with Crippen LogP contribution >= 0.6 is 23.1 Å². The van der Waals surface area contributed by atoms with Crippen LogP contribution in [0.3, 0.4) is 0 Å². The third-order valence-corrected chi connectivity index (χ3v) is 7.31. The molecule has 0 unspecified atom stereocenters. The number of thioether (sulfide) groups is 1. The Bertz CT molecular complexity index is 1550. The second-order valence-corrected chi connectivity index (χ2v) is 9.62. The van der Waals surface area contributed by atoms with Crippen molar-refractivity contribution < 1.29 is 0 Å². The van der Waals surface area contributed by atoms with Crippen LogP contribution in [0.1, 0.15) is 31.2 Å². The first kappa shape index (κ1) is 21.6. The zero-order chi connectivity index (χ0) is 22.8. The van der Waals surface area contributed by atoms with Crippen LogP contribution in [0.2, 0.25) is 0 Å². The van der Waals surface area contributed by atoms with Gasteiger partial charge in [0, 0.05) is 0 Å². The van der Waals surface area contributed by atoms with Crippen LogP contribution in [0, 0.1) is 0 Å². The highest BCUT2D eigenvalue weighted by molar-refractivity contribution is 7.98. The molecule has 8 heteroatoms. The van der Waals surface area contributed by atoms with Crippen LogP contribution in [-0.2, 0) is 12.2 Å². The zero-order valence-electron chi connectivity index (χ0n) is 18.1. The molecule has 0 saturated carbocycles. The van der Waals surface area contributed by atoms with Gasteiger partial charge in [0.05, 0.1) is 27.9 Å². The molecule has 33 heavy (non-hydrogen) atoms. The lowest BCUT2D eigenvalue weighted by Crippen LogP contribution is -2.22. The Kier molecular flexibility index (Phi) is 6.11. The molecular formula is C25H22N4O2S2. The third-order valence-electron chi connectivity index (χ3n) is 5.46. The van der Waals surface area contributed by atoms with E-state index in [9.17, 15) is 9.59 Å². The van der Waals surface area contributed by atoms with Gasteiger partial charge in [-0.2, -0.15) is 0 Å². The summed E-state index contributed by atoms with van der Waals surface area (Å²) >= 11 is 2.76. The van der Waals surface area contributed by atoms with E-state index < -0.39 is 0 Å². The Morgan fingerprint density at radius 3 is 2.64 bits per heavy atom. The van der Waals surface area contributed by atoms with Crippen molar-refractivity contribution in [3.8, 4) is 5.69 Å². The summed E-state index contributed by atoms with van der Waals surface area (Å²) in [6, 6.07) is 17.3. The van der Waals surface area contributed by atoms with Crippen molar-refractivity contribution in [2.24, 2.45) is 0 Å². The average molecular weight is 475 g/mol. The smallest absolute Gasteiger partial charge is 0.268 e. The van der Waals surface area contributed by atoms with E-state index in [0.29, 0.717) is 37.9 Å². The average Bonchev–Trinajstić information content (AvgIpc) is 3.31. The van der Waals surface area contributed by atoms with Crippen molar-refractivity contribution >= 4 is 44.2 Å². The molecule has 3 heterocycles. The molecule has 2 aromatic carbocycles. The number of para-hydroxylation sites is 1. The lowest BCUT2D eigenvalue weighted by atomic mass is 10.1. The normalized spacial score (nSPS) is 11.4. The molecule has 3 aromatic heterocycles. The topological polar surface area (TPSA) is 80.6 Å². The third kappa shape index (κ3) is 4.36. The quantitative estimate of drug-likeness (QED) is 0.255. The summed E-state index contributed by atoms with van der Waals surface area (Å²) in [5, 5.41) is 2.99. The van der Waals surface area contributed by atoms with Crippen molar-refractivity contribution in [1.29, 1.82) is 0 Å². The van der Waals surface area contributed by atoms with Crippen LogP contribution in [0.25, 0.3) is 26.8 Å². The monoisotopic (exact) mass is 474 g/mol. The number of aromatic nitrogens is 4. The van der Waals surface area contributed by atoms with E-state index in [-0.39, 0.29) is 11.1 Å². The Hall–Kier alpha value is -3.23. The van der Waals surface area contributed by atoms with E-state index in [1.165, 1.54) is 28.7 Å². The van der Waals surface area contributed by atoms with Crippen LogP contribution in [0.5, 0.6) is 0 Å². The van der Waals surface area contributed by atoms with Crippen molar-refractivity contribution in [2.75, 3.05) is 0 Å². The number of thiophene rings is 1. The molecule has 0 aliphatic carbocycles. The number of hydrogen-bond acceptors (Lipinski definition) is 6. The predicted molar refractivity (Wildman–Crippen MR) is 136 cm³/mol. The van der Waals surface area contributed by atoms with Crippen molar-refractivity contribution in [1.82, 2.24) is 19.5 Å². The Morgan fingerprint density at radius 2 is 1.82 bits per heavy atom. The first-order valence-corrected chi connectivity index (χ1v) is 12.7. The summed E-state index contributed by atoms with van der Waals surface area (Å²) in [4.78, 5) is 38.0. The lowest BCUT2D eigenvalue weighted by molar-refractivity contribution is 0.791. The minimum absolute atomic E-state index is 0.112. The maximum atomic E-state index is 13.4. The van der Waals surface area contributed by atoms with E-state index in [2.05, 4.69) is 29.0 Å². The summed E-state index contributed by atoms with van der Waals surface area (Å²) in [6.45, 7) is 2.18. The largest absolute Gasteiger partial charge is 0.309 e. The maximum Gasteiger partial charge on any atom is 0.268 e. The molecule has 0 radical (unpaired) electrons. The van der Waals surface area contributed by atoms with Crippen LogP contribution in [0.4, 0.5) is 0 Å². The molecule has 166 valence electrons. The highest BCUT2D eigenvalue weighted by Crippen LogP contribution is 2.25. The first-order valence-electron chi connectivity index (χ1n) is 10.8. The molecule has 5 rings (SSSR count). The number of nitrogens with zero attached hydrogens (tertiary/aromatic N) is 3. The van der Waals surface area contributed by atoms with Crippen molar-refractivity contribution in [3.05, 3.63) is 92.1 Å². The molecule has 1 N–H and O–H groups in total.